The van der Waals surface area contributed by atoms with Crippen LogP contribution in [0.4, 0.5) is 17.3 Å². The Kier molecular flexibility index (Phi) is 6.70. The van der Waals surface area contributed by atoms with Gasteiger partial charge >= 0.3 is 0 Å². The summed E-state index contributed by atoms with van der Waals surface area (Å²) in [7, 11) is -1.88. The van der Waals surface area contributed by atoms with Crippen LogP contribution in [0.1, 0.15) is 20.8 Å². The first kappa shape index (κ1) is 24.1. The number of aryl methyl sites for hydroxylation is 1. The van der Waals surface area contributed by atoms with Crippen molar-refractivity contribution in [1.82, 2.24) is 19.7 Å². The van der Waals surface area contributed by atoms with Gasteiger partial charge in [-0.1, -0.05) is 0 Å². The molecule has 3 aromatic heterocycles. The highest BCUT2D eigenvalue weighted by atomic mass is 32.2. The number of nitrogens with one attached hydrogen (secondary N) is 2. The number of carbonyl (C=O) groups is 1. The fourth-order valence-electron chi connectivity index (χ4n) is 2.79. The van der Waals surface area contributed by atoms with Crippen LogP contribution in [0.3, 0.4) is 0 Å². The Morgan fingerprint density at radius 3 is 2.55 bits per heavy atom. The second kappa shape index (κ2) is 9.16. The van der Waals surface area contributed by atoms with E-state index >= 15 is 0 Å². The van der Waals surface area contributed by atoms with Crippen molar-refractivity contribution in [1.29, 1.82) is 0 Å². The summed E-state index contributed by atoms with van der Waals surface area (Å²) in [5.74, 6) is 0.396. The molecule has 0 aliphatic carbocycles. The summed E-state index contributed by atoms with van der Waals surface area (Å²) in [6.07, 6.45) is 4.35. The number of amides is 1. The quantitative estimate of drug-likeness (QED) is 0.446. The SMILES string of the molecule is CC(=O)Nc1cc(Nc2cc(OCC(C)(C)O)cc(S(C)(=O)=O)n2)c(-c2ccn(C)n2)cn1. The molecule has 3 N–H and O–H groups in total. The first-order valence-electron chi connectivity index (χ1n) is 9.92. The number of sulfone groups is 1. The summed E-state index contributed by atoms with van der Waals surface area (Å²) >= 11 is 0. The third-order valence-electron chi connectivity index (χ3n) is 4.21. The molecule has 33 heavy (non-hydrogen) atoms. The molecule has 12 heteroatoms. The van der Waals surface area contributed by atoms with E-state index in [9.17, 15) is 18.3 Å². The number of pyridine rings is 2. The number of aliphatic hydroxyl groups is 1. The molecular weight excluding hydrogens is 448 g/mol. The van der Waals surface area contributed by atoms with Crippen molar-refractivity contribution in [2.24, 2.45) is 7.05 Å². The maximum absolute atomic E-state index is 12.2. The lowest BCUT2D eigenvalue weighted by Crippen LogP contribution is -2.28. The van der Waals surface area contributed by atoms with E-state index in [1.807, 2.05) is 0 Å². The third kappa shape index (κ3) is 6.73. The molecule has 0 fully saturated rings. The second-order valence-electron chi connectivity index (χ2n) is 8.20. The summed E-state index contributed by atoms with van der Waals surface area (Å²) in [4.78, 5) is 19.9. The van der Waals surface area contributed by atoms with Crippen LogP contribution in [0.15, 0.2) is 41.7 Å². The van der Waals surface area contributed by atoms with E-state index in [1.54, 1.807) is 50.1 Å². The van der Waals surface area contributed by atoms with Crippen LogP contribution in [0.2, 0.25) is 0 Å². The minimum absolute atomic E-state index is 0.0548. The lowest BCUT2D eigenvalue weighted by Gasteiger charge is -2.19. The first-order valence-corrected chi connectivity index (χ1v) is 11.8. The van der Waals surface area contributed by atoms with Gasteiger partial charge in [0.25, 0.3) is 0 Å². The average Bonchev–Trinajstić information content (AvgIpc) is 3.11. The lowest BCUT2D eigenvalue weighted by molar-refractivity contribution is -0.114. The van der Waals surface area contributed by atoms with Gasteiger partial charge in [-0.05, 0) is 19.9 Å². The van der Waals surface area contributed by atoms with Gasteiger partial charge in [-0.15, -0.1) is 0 Å². The van der Waals surface area contributed by atoms with Gasteiger partial charge in [-0.25, -0.2) is 18.4 Å². The molecule has 1 amide bonds. The van der Waals surface area contributed by atoms with Gasteiger partial charge in [0.15, 0.2) is 14.9 Å². The highest BCUT2D eigenvalue weighted by Crippen LogP contribution is 2.32. The minimum Gasteiger partial charge on any atom is -0.490 e. The molecule has 0 spiro atoms. The average molecular weight is 475 g/mol. The highest BCUT2D eigenvalue weighted by Gasteiger charge is 2.18. The number of aromatic nitrogens is 4. The number of rotatable bonds is 8. The number of hydrogen-bond donors (Lipinski definition) is 3. The van der Waals surface area contributed by atoms with Crippen molar-refractivity contribution < 1.29 is 23.1 Å². The van der Waals surface area contributed by atoms with Gasteiger partial charge in [0.2, 0.25) is 5.91 Å². The molecule has 0 atom stereocenters. The van der Waals surface area contributed by atoms with Crippen LogP contribution < -0.4 is 15.4 Å². The predicted octanol–water partition coefficient (Wildman–Crippen LogP) is 2.13. The topological polar surface area (TPSA) is 148 Å². The Bertz CT molecular complexity index is 1280. The van der Waals surface area contributed by atoms with Crippen LogP contribution in [0.25, 0.3) is 11.3 Å². The Balaban J connectivity index is 2.07. The summed E-state index contributed by atoms with van der Waals surface area (Å²) < 4.78 is 31.6. The fourth-order valence-corrected chi connectivity index (χ4v) is 3.38. The van der Waals surface area contributed by atoms with Crippen molar-refractivity contribution in [3.8, 4) is 17.0 Å². The molecule has 0 saturated carbocycles. The fraction of sp³-hybridized carbons (Fsp3) is 0.333. The normalized spacial score (nSPS) is 11.8. The Labute approximate surface area is 191 Å². The summed E-state index contributed by atoms with van der Waals surface area (Å²) in [5, 5.41) is 19.8. The standard InChI is InChI=1S/C21H26N6O5S/c1-13(28)23-18-10-17(15(11-22-18)16-6-7-27(4)26-16)24-19-8-14(32-12-21(2,3)29)9-20(25-19)33(5,30)31/h6-11,29H,12H2,1-5H3,(H2,22,23,24,25,28). The highest BCUT2D eigenvalue weighted by molar-refractivity contribution is 7.90. The number of ether oxygens (including phenoxy) is 1. The molecule has 0 saturated heterocycles. The van der Waals surface area contributed by atoms with Crippen molar-refractivity contribution in [2.45, 2.75) is 31.4 Å². The van der Waals surface area contributed by atoms with E-state index in [0.29, 0.717) is 22.8 Å². The number of anilines is 3. The van der Waals surface area contributed by atoms with E-state index in [0.717, 1.165) is 6.26 Å². The Morgan fingerprint density at radius 1 is 1.24 bits per heavy atom. The zero-order chi connectivity index (χ0) is 24.4. The van der Waals surface area contributed by atoms with Crippen LogP contribution >= 0.6 is 0 Å². The van der Waals surface area contributed by atoms with E-state index in [-0.39, 0.29) is 29.1 Å². The van der Waals surface area contributed by atoms with Gasteiger partial charge < -0.3 is 20.5 Å². The Hall–Kier alpha value is -3.51. The van der Waals surface area contributed by atoms with Gasteiger partial charge in [0, 0.05) is 56.4 Å². The third-order valence-corrected chi connectivity index (χ3v) is 5.18. The van der Waals surface area contributed by atoms with Gasteiger partial charge in [0.05, 0.1) is 17.0 Å². The van der Waals surface area contributed by atoms with Crippen LogP contribution in [-0.2, 0) is 21.7 Å². The van der Waals surface area contributed by atoms with E-state index < -0.39 is 15.4 Å². The molecule has 3 heterocycles. The minimum atomic E-state index is -3.66. The van der Waals surface area contributed by atoms with Crippen molar-refractivity contribution in [2.75, 3.05) is 23.5 Å². The van der Waals surface area contributed by atoms with E-state index in [4.69, 9.17) is 4.74 Å². The predicted molar refractivity (Wildman–Crippen MR) is 123 cm³/mol. The molecule has 0 radical (unpaired) electrons. The largest absolute Gasteiger partial charge is 0.490 e. The zero-order valence-corrected chi connectivity index (χ0v) is 19.8. The number of nitrogens with zero attached hydrogens (tertiary/aromatic N) is 4. The molecule has 176 valence electrons. The van der Waals surface area contributed by atoms with E-state index in [2.05, 4.69) is 25.7 Å². The summed E-state index contributed by atoms with van der Waals surface area (Å²) in [6.45, 7) is 4.46. The molecule has 0 unspecified atom stereocenters. The molecular formula is C21H26N6O5S. The van der Waals surface area contributed by atoms with Crippen molar-refractivity contribution in [3.63, 3.8) is 0 Å². The van der Waals surface area contributed by atoms with E-state index in [1.165, 1.54) is 19.1 Å². The monoisotopic (exact) mass is 474 g/mol. The maximum Gasteiger partial charge on any atom is 0.222 e. The second-order valence-corrected chi connectivity index (χ2v) is 10.2. The van der Waals surface area contributed by atoms with Crippen molar-refractivity contribution >= 4 is 33.1 Å². The van der Waals surface area contributed by atoms with Gasteiger partial charge in [-0.3, -0.25) is 9.48 Å². The first-order chi connectivity index (χ1) is 15.3. The van der Waals surface area contributed by atoms with Gasteiger partial charge in [0.1, 0.15) is 24.0 Å². The van der Waals surface area contributed by atoms with Crippen molar-refractivity contribution in [3.05, 3.63) is 36.7 Å². The molecule has 3 rings (SSSR count). The molecule has 0 aliphatic rings. The molecule has 0 bridgehead atoms. The summed E-state index contributed by atoms with van der Waals surface area (Å²) in [6, 6.07) is 6.19. The zero-order valence-electron chi connectivity index (χ0n) is 18.9. The maximum atomic E-state index is 12.2. The summed E-state index contributed by atoms with van der Waals surface area (Å²) in [5.41, 5.74) is 0.584. The molecule has 0 aliphatic heterocycles. The van der Waals surface area contributed by atoms with Crippen LogP contribution in [-0.4, -0.2) is 57.6 Å². The molecule has 0 aromatic carbocycles. The van der Waals surface area contributed by atoms with Crippen LogP contribution in [0, 0.1) is 0 Å². The number of hydrogen-bond acceptors (Lipinski definition) is 9. The smallest absolute Gasteiger partial charge is 0.222 e. The molecule has 3 aromatic rings. The lowest BCUT2D eigenvalue weighted by atomic mass is 10.1. The molecule has 11 nitrogen and oxygen atoms in total. The Morgan fingerprint density at radius 2 is 1.97 bits per heavy atom. The van der Waals surface area contributed by atoms with Gasteiger partial charge in [-0.2, -0.15) is 5.10 Å². The number of carbonyl (C=O) groups excluding carboxylic acids is 1. The van der Waals surface area contributed by atoms with Crippen LogP contribution in [0.5, 0.6) is 5.75 Å².